The summed E-state index contributed by atoms with van der Waals surface area (Å²) in [6.07, 6.45) is 6.70. The Kier molecular flexibility index (Phi) is 9.76. The molecule has 0 aliphatic rings. The molecule has 0 radical (unpaired) electrons. The number of nitrogens with zero attached hydrogens (tertiary/aromatic N) is 1. The van der Waals surface area contributed by atoms with E-state index in [0.29, 0.717) is 32.8 Å². The van der Waals surface area contributed by atoms with E-state index in [1.165, 1.54) is 13.3 Å². The van der Waals surface area contributed by atoms with Gasteiger partial charge >= 0.3 is 0 Å². The van der Waals surface area contributed by atoms with Gasteiger partial charge in [0.1, 0.15) is 18.4 Å². The number of ether oxygens (including phenoxy) is 3. The molecular formula is C24H26BrN3O5. The number of carbonyl (C=O) groups excluding carboxylic acids is 2. The lowest BCUT2D eigenvalue weighted by Crippen LogP contribution is -2.48. The number of carbonyl (C=O) groups is 2. The average Bonchev–Trinajstić information content (AvgIpc) is 2.81. The van der Waals surface area contributed by atoms with Gasteiger partial charge < -0.3 is 19.5 Å². The molecule has 9 heteroatoms. The lowest BCUT2D eigenvalue weighted by atomic mass is 10.0. The SMILES string of the molecule is C#CCOc1c(Br)cc(C=NNC(=O)C(NC(=O)c2ccc(OC)cc2)C(C)C)cc1OC. The normalized spacial score (nSPS) is 11.5. The lowest BCUT2D eigenvalue weighted by molar-refractivity contribution is -0.123. The van der Waals surface area contributed by atoms with Gasteiger partial charge in [-0.1, -0.05) is 19.8 Å². The third-order valence-corrected chi connectivity index (χ3v) is 5.12. The number of halogens is 1. The molecule has 2 aromatic carbocycles. The van der Waals surface area contributed by atoms with Gasteiger partial charge in [0.05, 0.1) is 24.9 Å². The highest BCUT2D eigenvalue weighted by molar-refractivity contribution is 9.10. The van der Waals surface area contributed by atoms with Crippen LogP contribution in [0.15, 0.2) is 46.0 Å². The van der Waals surface area contributed by atoms with E-state index in [4.69, 9.17) is 20.6 Å². The number of hydrazone groups is 1. The van der Waals surface area contributed by atoms with Crippen molar-refractivity contribution in [3.05, 3.63) is 52.0 Å². The fourth-order valence-corrected chi connectivity index (χ4v) is 3.38. The predicted octanol–water partition coefficient (Wildman–Crippen LogP) is 3.38. The molecule has 0 bridgehead atoms. The van der Waals surface area contributed by atoms with Crippen LogP contribution >= 0.6 is 15.9 Å². The number of hydrogen-bond donors (Lipinski definition) is 2. The van der Waals surface area contributed by atoms with Crippen LogP contribution in [0.25, 0.3) is 0 Å². The van der Waals surface area contributed by atoms with Crippen LogP contribution in [-0.4, -0.2) is 44.9 Å². The first-order valence-electron chi connectivity index (χ1n) is 10.0. The van der Waals surface area contributed by atoms with Crippen LogP contribution in [0.5, 0.6) is 17.2 Å². The molecule has 2 N–H and O–H groups in total. The van der Waals surface area contributed by atoms with Gasteiger partial charge in [0.2, 0.25) is 0 Å². The Labute approximate surface area is 201 Å². The Morgan fingerprint density at radius 1 is 1.18 bits per heavy atom. The minimum Gasteiger partial charge on any atom is -0.497 e. The Hall–Kier alpha value is -3.51. The topological polar surface area (TPSA) is 98.2 Å². The zero-order valence-corrected chi connectivity index (χ0v) is 20.4. The summed E-state index contributed by atoms with van der Waals surface area (Å²) in [5.41, 5.74) is 3.54. The number of rotatable bonds is 10. The van der Waals surface area contributed by atoms with E-state index in [0.717, 1.165) is 0 Å². The molecule has 0 fully saturated rings. The monoisotopic (exact) mass is 515 g/mol. The third kappa shape index (κ3) is 7.26. The number of amides is 2. The van der Waals surface area contributed by atoms with Crippen molar-refractivity contribution in [1.29, 1.82) is 0 Å². The summed E-state index contributed by atoms with van der Waals surface area (Å²) in [5, 5.41) is 6.76. The summed E-state index contributed by atoms with van der Waals surface area (Å²) >= 11 is 3.41. The van der Waals surface area contributed by atoms with Gasteiger partial charge in [0, 0.05) is 5.56 Å². The summed E-state index contributed by atoms with van der Waals surface area (Å²) in [4.78, 5) is 25.2. The highest BCUT2D eigenvalue weighted by Gasteiger charge is 2.24. The van der Waals surface area contributed by atoms with Crippen LogP contribution in [0.1, 0.15) is 29.8 Å². The Bertz CT molecular complexity index is 1050. The summed E-state index contributed by atoms with van der Waals surface area (Å²) < 4.78 is 16.5. The molecule has 2 rings (SSSR count). The van der Waals surface area contributed by atoms with E-state index < -0.39 is 11.9 Å². The van der Waals surface area contributed by atoms with E-state index in [-0.39, 0.29) is 18.4 Å². The van der Waals surface area contributed by atoms with E-state index >= 15 is 0 Å². The smallest absolute Gasteiger partial charge is 0.262 e. The zero-order valence-electron chi connectivity index (χ0n) is 18.8. The maximum atomic E-state index is 12.7. The Morgan fingerprint density at radius 3 is 2.45 bits per heavy atom. The van der Waals surface area contributed by atoms with Gasteiger partial charge in [0.25, 0.3) is 11.8 Å². The van der Waals surface area contributed by atoms with Crippen molar-refractivity contribution < 1.29 is 23.8 Å². The molecule has 174 valence electrons. The zero-order chi connectivity index (χ0) is 24.4. The molecule has 0 heterocycles. The maximum Gasteiger partial charge on any atom is 0.262 e. The molecule has 0 aliphatic carbocycles. The molecule has 1 atom stereocenters. The Morgan fingerprint density at radius 2 is 1.88 bits per heavy atom. The Balaban J connectivity index is 2.07. The largest absolute Gasteiger partial charge is 0.497 e. The summed E-state index contributed by atoms with van der Waals surface area (Å²) in [6, 6.07) is 9.27. The van der Waals surface area contributed by atoms with Crippen molar-refractivity contribution in [3.8, 4) is 29.6 Å². The van der Waals surface area contributed by atoms with E-state index in [1.54, 1.807) is 43.5 Å². The molecule has 0 saturated heterocycles. The van der Waals surface area contributed by atoms with E-state index in [1.807, 2.05) is 13.8 Å². The molecular weight excluding hydrogens is 490 g/mol. The van der Waals surface area contributed by atoms with Crippen LogP contribution in [0, 0.1) is 18.3 Å². The van der Waals surface area contributed by atoms with Crippen molar-refractivity contribution in [2.75, 3.05) is 20.8 Å². The van der Waals surface area contributed by atoms with Gasteiger partial charge in [-0.15, -0.1) is 6.42 Å². The van der Waals surface area contributed by atoms with Crippen molar-refractivity contribution in [1.82, 2.24) is 10.7 Å². The highest BCUT2D eigenvalue weighted by atomic mass is 79.9. The van der Waals surface area contributed by atoms with Gasteiger partial charge in [-0.2, -0.15) is 5.10 Å². The van der Waals surface area contributed by atoms with Crippen molar-refractivity contribution in [2.24, 2.45) is 11.0 Å². The molecule has 0 aliphatic heterocycles. The molecule has 1 unspecified atom stereocenters. The first-order chi connectivity index (χ1) is 15.8. The summed E-state index contributed by atoms with van der Waals surface area (Å²) in [6.45, 7) is 3.76. The number of methoxy groups -OCH3 is 2. The minimum atomic E-state index is -0.780. The second-order valence-electron chi connectivity index (χ2n) is 7.18. The van der Waals surface area contributed by atoms with Gasteiger partial charge in [0.15, 0.2) is 11.5 Å². The quantitative estimate of drug-likeness (QED) is 0.287. The number of nitrogens with one attached hydrogen (secondary N) is 2. The molecule has 0 spiro atoms. The number of benzene rings is 2. The molecule has 2 amide bonds. The van der Waals surface area contributed by atoms with E-state index in [2.05, 4.69) is 37.7 Å². The second-order valence-corrected chi connectivity index (χ2v) is 8.04. The average molecular weight is 516 g/mol. The van der Waals surface area contributed by atoms with Crippen LogP contribution in [0.4, 0.5) is 0 Å². The minimum absolute atomic E-state index is 0.0945. The molecule has 2 aromatic rings. The van der Waals surface area contributed by atoms with Crippen molar-refractivity contribution in [3.63, 3.8) is 0 Å². The molecule has 8 nitrogen and oxygen atoms in total. The first-order valence-corrected chi connectivity index (χ1v) is 10.8. The molecule has 33 heavy (non-hydrogen) atoms. The van der Waals surface area contributed by atoms with Crippen molar-refractivity contribution >= 4 is 34.0 Å². The van der Waals surface area contributed by atoms with Crippen LogP contribution < -0.4 is 25.0 Å². The van der Waals surface area contributed by atoms with Gasteiger partial charge in [-0.3, -0.25) is 9.59 Å². The molecule has 0 aromatic heterocycles. The van der Waals surface area contributed by atoms with Gasteiger partial charge in [-0.05, 0) is 63.8 Å². The van der Waals surface area contributed by atoms with Gasteiger partial charge in [-0.25, -0.2) is 5.43 Å². The fraction of sp³-hybridized carbons (Fsp3) is 0.292. The maximum absolute atomic E-state index is 12.7. The number of hydrogen-bond acceptors (Lipinski definition) is 6. The number of terminal acetylenes is 1. The fourth-order valence-electron chi connectivity index (χ4n) is 2.81. The van der Waals surface area contributed by atoms with Crippen LogP contribution in [0.2, 0.25) is 0 Å². The van der Waals surface area contributed by atoms with E-state index in [9.17, 15) is 9.59 Å². The van der Waals surface area contributed by atoms with Crippen LogP contribution in [-0.2, 0) is 4.79 Å². The standard InChI is InChI=1S/C24H26BrN3O5/c1-6-11-33-22-19(25)12-16(13-20(22)32-5)14-26-28-24(30)21(15(2)3)27-23(29)17-7-9-18(31-4)10-8-17/h1,7-10,12-15,21H,11H2,2-5H3,(H,27,29)(H,28,30). The second kappa shape index (κ2) is 12.5. The highest BCUT2D eigenvalue weighted by Crippen LogP contribution is 2.36. The summed E-state index contributed by atoms with van der Waals surface area (Å²) in [7, 11) is 3.05. The van der Waals surface area contributed by atoms with Crippen LogP contribution in [0.3, 0.4) is 0 Å². The third-order valence-electron chi connectivity index (χ3n) is 4.53. The van der Waals surface area contributed by atoms with Crippen molar-refractivity contribution in [2.45, 2.75) is 19.9 Å². The lowest BCUT2D eigenvalue weighted by Gasteiger charge is -2.20. The summed E-state index contributed by atoms with van der Waals surface area (Å²) in [5.74, 6) is 2.99. The predicted molar refractivity (Wildman–Crippen MR) is 130 cm³/mol. The first kappa shape index (κ1) is 25.7. The molecule has 0 saturated carbocycles.